The molecule has 0 radical (unpaired) electrons. The molecule has 9 heteroatoms. The van der Waals surface area contributed by atoms with Crippen LogP contribution in [0.5, 0.6) is 0 Å². The largest absolute Gasteiger partial charge is 0.468 e. The molecule has 0 spiro atoms. The second-order valence-electron chi connectivity index (χ2n) is 6.38. The maximum atomic E-state index is 13.0. The molecular formula is C21H19ClN2O5S. The molecule has 0 saturated carbocycles. The molecule has 2 amide bonds. The molecule has 3 aromatic rings. The van der Waals surface area contributed by atoms with Crippen LogP contribution in [0.15, 0.2) is 82.3 Å². The topological polar surface area (TPSA) is 105 Å². The van der Waals surface area contributed by atoms with Crippen LogP contribution in [0.1, 0.15) is 16.6 Å². The fraction of sp³-hybridized carbons (Fsp3) is 0.143. The molecule has 1 aromatic heterocycles. The summed E-state index contributed by atoms with van der Waals surface area (Å²) in [7, 11) is -3.86. The molecule has 7 nitrogen and oxygen atoms in total. The lowest BCUT2D eigenvalue weighted by Crippen LogP contribution is -2.42. The SMILES string of the molecule is O=C(NCc1ccc(Cl)cc1)C(=O)NCC(c1ccco1)S(=O)(=O)c1ccccc1. The van der Waals surface area contributed by atoms with Gasteiger partial charge >= 0.3 is 11.8 Å². The molecule has 30 heavy (non-hydrogen) atoms. The number of furan rings is 1. The third-order valence-electron chi connectivity index (χ3n) is 4.33. The highest BCUT2D eigenvalue weighted by atomic mass is 35.5. The zero-order valence-electron chi connectivity index (χ0n) is 15.7. The number of nitrogens with one attached hydrogen (secondary N) is 2. The van der Waals surface area contributed by atoms with Crippen LogP contribution in [0.25, 0.3) is 0 Å². The summed E-state index contributed by atoms with van der Waals surface area (Å²) >= 11 is 5.81. The number of benzene rings is 2. The predicted molar refractivity (Wildman–Crippen MR) is 111 cm³/mol. The monoisotopic (exact) mass is 446 g/mol. The minimum absolute atomic E-state index is 0.0906. The summed E-state index contributed by atoms with van der Waals surface area (Å²) in [5, 5.41) is 4.24. The molecule has 1 atom stereocenters. The Morgan fingerprint density at radius 1 is 0.900 bits per heavy atom. The van der Waals surface area contributed by atoms with E-state index in [0.29, 0.717) is 5.02 Å². The van der Waals surface area contributed by atoms with Crippen molar-refractivity contribution in [1.82, 2.24) is 10.6 Å². The highest BCUT2D eigenvalue weighted by Gasteiger charge is 2.32. The number of amides is 2. The van der Waals surface area contributed by atoms with Crippen molar-refractivity contribution >= 4 is 33.3 Å². The van der Waals surface area contributed by atoms with Gasteiger partial charge in [-0.1, -0.05) is 41.9 Å². The van der Waals surface area contributed by atoms with Crippen LogP contribution >= 0.6 is 11.6 Å². The van der Waals surface area contributed by atoms with Crippen molar-refractivity contribution in [3.05, 3.63) is 89.3 Å². The highest BCUT2D eigenvalue weighted by Crippen LogP contribution is 2.28. The van der Waals surface area contributed by atoms with Gasteiger partial charge in [0, 0.05) is 18.1 Å². The van der Waals surface area contributed by atoms with Gasteiger partial charge in [0.25, 0.3) is 0 Å². The summed E-state index contributed by atoms with van der Waals surface area (Å²) in [6, 6.07) is 17.7. The van der Waals surface area contributed by atoms with Gasteiger partial charge in [0.05, 0.1) is 11.2 Å². The van der Waals surface area contributed by atoms with Crippen molar-refractivity contribution in [2.75, 3.05) is 6.54 Å². The van der Waals surface area contributed by atoms with Crippen molar-refractivity contribution in [2.45, 2.75) is 16.7 Å². The standard InChI is InChI=1S/C21H19ClN2O5S/c22-16-10-8-15(9-11-16)13-23-20(25)21(26)24-14-19(18-7-4-12-29-18)30(27,28)17-5-2-1-3-6-17/h1-12,19H,13-14H2,(H,23,25)(H,24,26). The summed E-state index contributed by atoms with van der Waals surface area (Å²) in [4.78, 5) is 24.4. The van der Waals surface area contributed by atoms with E-state index in [9.17, 15) is 18.0 Å². The van der Waals surface area contributed by atoms with Gasteiger partial charge in [0.15, 0.2) is 9.84 Å². The van der Waals surface area contributed by atoms with E-state index in [1.165, 1.54) is 24.5 Å². The Kier molecular flexibility index (Phi) is 6.91. The third kappa shape index (κ3) is 5.28. The highest BCUT2D eigenvalue weighted by molar-refractivity contribution is 7.91. The lowest BCUT2D eigenvalue weighted by Gasteiger charge is -2.16. The lowest BCUT2D eigenvalue weighted by molar-refractivity contribution is -0.139. The molecule has 0 aliphatic carbocycles. The van der Waals surface area contributed by atoms with E-state index in [1.54, 1.807) is 48.5 Å². The molecular weight excluding hydrogens is 428 g/mol. The van der Waals surface area contributed by atoms with Gasteiger partial charge in [-0.05, 0) is 42.0 Å². The van der Waals surface area contributed by atoms with E-state index >= 15 is 0 Å². The summed E-state index contributed by atoms with van der Waals surface area (Å²) in [5.41, 5.74) is 0.765. The number of carbonyl (C=O) groups excluding carboxylic acids is 2. The third-order valence-corrected chi connectivity index (χ3v) is 6.66. The van der Waals surface area contributed by atoms with Gasteiger partial charge in [-0.15, -0.1) is 0 Å². The molecule has 0 bridgehead atoms. The minimum atomic E-state index is -3.86. The maximum absolute atomic E-state index is 13.0. The first kappa shape index (κ1) is 21.6. The van der Waals surface area contributed by atoms with Crippen molar-refractivity contribution < 1.29 is 22.4 Å². The maximum Gasteiger partial charge on any atom is 0.309 e. The van der Waals surface area contributed by atoms with Crippen LogP contribution in [0, 0.1) is 0 Å². The molecule has 1 heterocycles. The number of carbonyl (C=O) groups is 2. The van der Waals surface area contributed by atoms with Crippen LogP contribution in [-0.2, 0) is 26.0 Å². The normalized spacial score (nSPS) is 12.2. The molecule has 0 aliphatic heterocycles. The van der Waals surface area contributed by atoms with E-state index in [4.69, 9.17) is 16.0 Å². The summed E-state index contributed by atoms with van der Waals surface area (Å²) in [5.74, 6) is -1.65. The lowest BCUT2D eigenvalue weighted by atomic mass is 10.2. The van der Waals surface area contributed by atoms with Gasteiger partial charge < -0.3 is 15.1 Å². The average molecular weight is 447 g/mol. The molecule has 0 saturated heterocycles. The Labute approximate surface area is 179 Å². The summed E-state index contributed by atoms with van der Waals surface area (Å²) in [6.07, 6.45) is 1.35. The van der Waals surface area contributed by atoms with Gasteiger partial charge in [0.2, 0.25) is 0 Å². The van der Waals surface area contributed by atoms with Crippen LogP contribution in [0.4, 0.5) is 0 Å². The molecule has 3 rings (SSSR count). The van der Waals surface area contributed by atoms with Crippen molar-refractivity contribution in [3.63, 3.8) is 0 Å². The first-order chi connectivity index (χ1) is 14.4. The van der Waals surface area contributed by atoms with Crippen LogP contribution < -0.4 is 10.6 Å². The zero-order chi connectivity index (χ0) is 21.6. The van der Waals surface area contributed by atoms with Crippen LogP contribution in [-0.4, -0.2) is 26.8 Å². The smallest absolute Gasteiger partial charge is 0.309 e. The summed E-state index contributed by atoms with van der Waals surface area (Å²) < 4.78 is 31.3. The Morgan fingerprint density at radius 2 is 1.57 bits per heavy atom. The number of hydrogen-bond donors (Lipinski definition) is 2. The second kappa shape index (κ2) is 9.60. The Bertz CT molecular complexity index is 1100. The van der Waals surface area contributed by atoms with E-state index in [-0.39, 0.29) is 23.7 Å². The van der Waals surface area contributed by atoms with Crippen molar-refractivity contribution in [1.29, 1.82) is 0 Å². The van der Waals surface area contributed by atoms with E-state index < -0.39 is 26.9 Å². The fourth-order valence-corrected chi connectivity index (χ4v) is 4.48. The minimum Gasteiger partial charge on any atom is -0.468 e. The quantitative estimate of drug-likeness (QED) is 0.543. The van der Waals surface area contributed by atoms with E-state index in [0.717, 1.165) is 5.56 Å². The van der Waals surface area contributed by atoms with Crippen molar-refractivity contribution in [2.24, 2.45) is 0 Å². The first-order valence-corrected chi connectivity index (χ1v) is 10.9. The number of rotatable bonds is 7. The molecule has 0 fully saturated rings. The number of halogens is 1. The Hall–Kier alpha value is -3.10. The van der Waals surface area contributed by atoms with Gasteiger partial charge in [-0.2, -0.15) is 0 Å². The average Bonchev–Trinajstić information content (AvgIpc) is 3.28. The van der Waals surface area contributed by atoms with Gasteiger partial charge in [0.1, 0.15) is 11.0 Å². The van der Waals surface area contributed by atoms with Gasteiger partial charge in [-0.3, -0.25) is 9.59 Å². The Balaban J connectivity index is 1.66. The molecule has 2 N–H and O–H groups in total. The molecule has 156 valence electrons. The second-order valence-corrected chi connectivity index (χ2v) is 8.95. The van der Waals surface area contributed by atoms with E-state index in [1.807, 2.05) is 0 Å². The molecule has 1 unspecified atom stereocenters. The van der Waals surface area contributed by atoms with E-state index in [2.05, 4.69) is 10.6 Å². The zero-order valence-corrected chi connectivity index (χ0v) is 17.3. The predicted octanol–water partition coefficient (Wildman–Crippen LogP) is 2.88. The molecule has 0 aliphatic rings. The Morgan fingerprint density at radius 3 is 2.20 bits per heavy atom. The van der Waals surface area contributed by atoms with Gasteiger partial charge in [-0.25, -0.2) is 8.42 Å². The first-order valence-electron chi connectivity index (χ1n) is 9.01. The number of sulfone groups is 1. The van der Waals surface area contributed by atoms with Crippen molar-refractivity contribution in [3.8, 4) is 0 Å². The fourth-order valence-electron chi connectivity index (χ4n) is 2.74. The number of hydrogen-bond acceptors (Lipinski definition) is 5. The summed E-state index contributed by atoms with van der Waals surface area (Å²) in [6.45, 7) is -0.189. The van der Waals surface area contributed by atoms with Crippen LogP contribution in [0.2, 0.25) is 5.02 Å². The van der Waals surface area contributed by atoms with Crippen LogP contribution in [0.3, 0.4) is 0 Å². The molecule has 2 aromatic carbocycles.